The molecule has 122 valence electrons. The van der Waals surface area contributed by atoms with Crippen LogP contribution in [0.25, 0.3) is 11.0 Å². The Bertz CT molecular complexity index is 975. The van der Waals surface area contributed by atoms with E-state index in [0.29, 0.717) is 21.6 Å². The van der Waals surface area contributed by atoms with E-state index >= 15 is 0 Å². The first-order valence-electron chi connectivity index (χ1n) is 7.21. The SMILES string of the molecule is Cc1ccc(C(=O)Nc2c(C(=O)O)oc3ccc(Cl)cc23)cc1C. The van der Waals surface area contributed by atoms with Crippen LogP contribution in [0.15, 0.2) is 40.8 Å². The molecule has 0 saturated carbocycles. The predicted molar refractivity (Wildman–Crippen MR) is 92.1 cm³/mol. The lowest BCUT2D eigenvalue weighted by atomic mass is 10.1. The molecule has 0 fully saturated rings. The molecule has 3 aromatic rings. The lowest BCUT2D eigenvalue weighted by molar-refractivity contribution is 0.0666. The van der Waals surface area contributed by atoms with Gasteiger partial charge in [0.1, 0.15) is 11.3 Å². The minimum atomic E-state index is -1.27. The van der Waals surface area contributed by atoms with E-state index in [1.807, 2.05) is 19.9 Å². The summed E-state index contributed by atoms with van der Waals surface area (Å²) in [7, 11) is 0. The van der Waals surface area contributed by atoms with Gasteiger partial charge in [-0.05, 0) is 55.3 Å². The highest BCUT2D eigenvalue weighted by molar-refractivity contribution is 6.31. The van der Waals surface area contributed by atoms with E-state index in [0.717, 1.165) is 11.1 Å². The number of amides is 1. The van der Waals surface area contributed by atoms with Crippen molar-refractivity contribution in [1.29, 1.82) is 0 Å². The largest absolute Gasteiger partial charge is 0.475 e. The van der Waals surface area contributed by atoms with Crippen LogP contribution in [0.5, 0.6) is 0 Å². The van der Waals surface area contributed by atoms with Gasteiger partial charge in [-0.25, -0.2) is 4.79 Å². The van der Waals surface area contributed by atoms with Crippen molar-refractivity contribution in [3.05, 3.63) is 63.9 Å². The van der Waals surface area contributed by atoms with Gasteiger partial charge in [-0.1, -0.05) is 17.7 Å². The fourth-order valence-electron chi connectivity index (χ4n) is 2.41. The molecule has 0 atom stereocenters. The second kappa shape index (κ2) is 6.02. The molecule has 2 aromatic carbocycles. The third-order valence-corrected chi connectivity index (χ3v) is 4.09. The van der Waals surface area contributed by atoms with Gasteiger partial charge in [0, 0.05) is 16.0 Å². The Labute approximate surface area is 142 Å². The maximum atomic E-state index is 12.5. The number of aromatic carboxylic acids is 1. The van der Waals surface area contributed by atoms with Gasteiger partial charge in [0.2, 0.25) is 5.76 Å². The lowest BCUT2D eigenvalue weighted by Crippen LogP contribution is -2.14. The fourth-order valence-corrected chi connectivity index (χ4v) is 2.59. The summed E-state index contributed by atoms with van der Waals surface area (Å²) in [4.78, 5) is 23.9. The normalized spacial score (nSPS) is 10.8. The number of hydrogen-bond acceptors (Lipinski definition) is 3. The second-order valence-electron chi connectivity index (χ2n) is 5.50. The Kier molecular flexibility index (Phi) is 4.03. The Balaban J connectivity index is 2.06. The van der Waals surface area contributed by atoms with Gasteiger partial charge < -0.3 is 14.8 Å². The van der Waals surface area contributed by atoms with Gasteiger partial charge >= 0.3 is 5.97 Å². The molecule has 0 aliphatic heterocycles. The average Bonchev–Trinajstić information content (AvgIpc) is 2.88. The van der Waals surface area contributed by atoms with Gasteiger partial charge in [0.15, 0.2) is 0 Å². The zero-order valence-electron chi connectivity index (χ0n) is 13.0. The van der Waals surface area contributed by atoms with Crippen LogP contribution in [-0.2, 0) is 0 Å². The van der Waals surface area contributed by atoms with Crippen molar-refractivity contribution in [2.75, 3.05) is 5.32 Å². The molecule has 1 heterocycles. The fraction of sp³-hybridized carbons (Fsp3) is 0.111. The van der Waals surface area contributed by atoms with Crippen molar-refractivity contribution in [3.63, 3.8) is 0 Å². The van der Waals surface area contributed by atoms with E-state index in [1.54, 1.807) is 30.3 Å². The van der Waals surface area contributed by atoms with Crippen molar-refractivity contribution >= 4 is 40.1 Å². The van der Waals surface area contributed by atoms with Crippen LogP contribution >= 0.6 is 11.6 Å². The number of fused-ring (bicyclic) bond motifs is 1. The lowest BCUT2D eigenvalue weighted by Gasteiger charge is -2.07. The molecule has 0 aliphatic rings. The third kappa shape index (κ3) is 2.86. The molecule has 0 saturated heterocycles. The quantitative estimate of drug-likeness (QED) is 0.725. The summed E-state index contributed by atoms with van der Waals surface area (Å²) in [6.07, 6.45) is 0. The summed E-state index contributed by atoms with van der Waals surface area (Å²) in [5.41, 5.74) is 2.92. The van der Waals surface area contributed by atoms with Crippen molar-refractivity contribution in [1.82, 2.24) is 0 Å². The third-order valence-electron chi connectivity index (χ3n) is 3.85. The van der Waals surface area contributed by atoms with Crippen molar-refractivity contribution in [2.45, 2.75) is 13.8 Å². The number of carbonyl (C=O) groups excluding carboxylic acids is 1. The number of furan rings is 1. The summed E-state index contributed by atoms with van der Waals surface area (Å²) in [6.45, 7) is 3.85. The Morgan fingerprint density at radius 3 is 2.50 bits per heavy atom. The Morgan fingerprint density at radius 2 is 1.83 bits per heavy atom. The number of rotatable bonds is 3. The number of carbonyl (C=O) groups is 2. The summed E-state index contributed by atoms with van der Waals surface area (Å²) in [5.74, 6) is -2.01. The van der Waals surface area contributed by atoms with Crippen LogP contribution in [0, 0.1) is 13.8 Å². The second-order valence-corrected chi connectivity index (χ2v) is 5.94. The first-order chi connectivity index (χ1) is 11.4. The first-order valence-corrected chi connectivity index (χ1v) is 7.58. The van der Waals surface area contributed by atoms with Crippen molar-refractivity contribution in [3.8, 4) is 0 Å². The minimum absolute atomic E-state index is 0.100. The molecule has 2 N–H and O–H groups in total. The minimum Gasteiger partial charge on any atom is -0.475 e. The monoisotopic (exact) mass is 343 g/mol. The van der Waals surface area contributed by atoms with Gasteiger partial charge in [0.25, 0.3) is 5.91 Å². The summed E-state index contributed by atoms with van der Waals surface area (Å²) in [6, 6.07) is 9.99. The molecular formula is C18H14ClNO4. The standard InChI is InChI=1S/C18H14ClNO4/c1-9-3-4-11(7-10(9)2)17(21)20-15-13-8-12(19)5-6-14(13)24-16(15)18(22)23/h3-8H,1-2H3,(H,20,21)(H,22,23). The number of anilines is 1. The molecular weight excluding hydrogens is 330 g/mol. The van der Waals surface area contributed by atoms with Gasteiger partial charge in [-0.15, -0.1) is 0 Å². The van der Waals surface area contributed by atoms with E-state index in [9.17, 15) is 14.7 Å². The Morgan fingerprint density at radius 1 is 1.08 bits per heavy atom. The van der Waals surface area contributed by atoms with Crippen LogP contribution in [0.1, 0.15) is 32.0 Å². The highest BCUT2D eigenvalue weighted by atomic mass is 35.5. The van der Waals surface area contributed by atoms with Crippen molar-refractivity contribution < 1.29 is 19.1 Å². The van der Waals surface area contributed by atoms with Gasteiger partial charge in [0.05, 0.1) is 0 Å². The maximum Gasteiger partial charge on any atom is 0.374 e. The van der Waals surface area contributed by atoms with Crippen LogP contribution in [0.4, 0.5) is 5.69 Å². The van der Waals surface area contributed by atoms with Crippen LogP contribution < -0.4 is 5.32 Å². The molecule has 1 amide bonds. The molecule has 6 heteroatoms. The molecule has 3 rings (SSSR count). The van der Waals surface area contributed by atoms with Gasteiger partial charge in [-0.3, -0.25) is 4.79 Å². The number of nitrogens with one attached hydrogen (secondary N) is 1. The predicted octanol–water partition coefficient (Wildman–Crippen LogP) is 4.65. The summed E-state index contributed by atoms with van der Waals surface area (Å²) < 4.78 is 5.32. The molecule has 1 aromatic heterocycles. The van der Waals surface area contributed by atoms with Gasteiger partial charge in [-0.2, -0.15) is 0 Å². The molecule has 0 spiro atoms. The number of carboxylic acid groups (broad SMARTS) is 1. The molecule has 0 radical (unpaired) electrons. The smallest absolute Gasteiger partial charge is 0.374 e. The molecule has 0 bridgehead atoms. The summed E-state index contributed by atoms with van der Waals surface area (Å²) in [5, 5.41) is 12.8. The number of halogens is 1. The topological polar surface area (TPSA) is 79.5 Å². The van der Waals surface area contributed by atoms with E-state index in [1.165, 1.54) is 0 Å². The number of hydrogen-bond donors (Lipinski definition) is 2. The van der Waals surface area contributed by atoms with Crippen LogP contribution in [0.3, 0.4) is 0 Å². The van der Waals surface area contributed by atoms with Crippen molar-refractivity contribution in [2.24, 2.45) is 0 Å². The summed E-state index contributed by atoms with van der Waals surface area (Å²) >= 11 is 5.97. The highest BCUT2D eigenvalue weighted by Gasteiger charge is 2.22. The Hall–Kier alpha value is -2.79. The highest BCUT2D eigenvalue weighted by Crippen LogP contribution is 2.33. The van der Waals surface area contributed by atoms with E-state index < -0.39 is 11.9 Å². The van der Waals surface area contributed by atoms with Crippen LogP contribution in [0.2, 0.25) is 5.02 Å². The zero-order chi connectivity index (χ0) is 17.4. The number of aryl methyl sites for hydroxylation is 2. The van der Waals surface area contributed by atoms with Crippen LogP contribution in [-0.4, -0.2) is 17.0 Å². The number of benzene rings is 2. The van der Waals surface area contributed by atoms with E-state index in [-0.39, 0.29) is 11.4 Å². The van der Waals surface area contributed by atoms with E-state index in [2.05, 4.69) is 5.32 Å². The maximum absolute atomic E-state index is 12.5. The molecule has 0 unspecified atom stereocenters. The first kappa shape index (κ1) is 16.1. The molecule has 5 nitrogen and oxygen atoms in total. The number of carboxylic acids is 1. The zero-order valence-corrected chi connectivity index (χ0v) is 13.8. The molecule has 24 heavy (non-hydrogen) atoms. The van der Waals surface area contributed by atoms with E-state index in [4.69, 9.17) is 16.0 Å². The molecule has 0 aliphatic carbocycles. The average molecular weight is 344 g/mol.